The molecule has 0 aliphatic carbocycles. The quantitative estimate of drug-likeness (QED) is 0.0663. The van der Waals surface area contributed by atoms with Crippen LogP contribution < -0.4 is 25.2 Å². The Labute approximate surface area is 435 Å². The van der Waals surface area contributed by atoms with Crippen molar-refractivity contribution in [3.8, 4) is 17.6 Å². The van der Waals surface area contributed by atoms with E-state index < -0.39 is 5.97 Å². The minimum Gasteiger partial charge on any atom is -0.479 e. The summed E-state index contributed by atoms with van der Waals surface area (Å²) in [5.74, 6) is -0.162. The van der Waals surface area contributed by atoms with Crippen molar-refractivity contribution in [1.82, 2.24) is 24.8 Å². The van der Waals surface area contributed by atoms with Gasteiger partial charge >= 0.3 is 17.6 Å². The zero-order valence-electron chi connectivity index (χ0n) is 40.7. The number of ether oxygens (including phenoxy) is 4. The van der Waals surface area contributed by atoms with Crippen molar-refractivity contribution in [3.05, 3.63) is 192 Å². The van der Waals surface area contributed by atoms with Gasteiger partial charge in [-0.05, 0) is 95.9 Å². The Hall–Kier alpha value is -9.15. The molecule has 16 nitrogen and oxygen atoms in total. The maximum absolute atomic E-state index is 12.7. The SMILES string of the molecule is CCOC(=O)COc1nccc2ccccc12.Clc1nccc2ccccc12.O=C(COc1nccc2ccccc12)N1CCC(Nc2cc(=O)oc3ccccc23)CC1.O=C(O)COc1nccc2ccccc12. The molecule has 1 fully saturated rings. The Morgan fingerprint density at radius 1 is 0.600 bits per heavy atom. The van der Waals surface area contributed by atoms with Crippen LogP contribution in [0.15, 0.2) is 186 Å². The molecule has 0 unspecified atom stereocenters. The number of pyridine rings is 4. The summed E-state index contributed by atoms with van der Waals surface area (Å²) in [6.45, 7) is 2.84. The predicted molar refractivity (Wildman–Crippen MR) is 288 cm³/mol. The molecule has 17 heteroatoms. The highest BCUT2D eigenvalue weighted by Crippen LogP contribution is 2.27. The lowest BCUT2D eigenvalue weighted by Crippen LogP contribution is -2.44. The minimum absolute atomic E-state index is 0.0382. The van der Waals surface area contributed by atoms with Gasteiger partial charge in [-0.2, -0.15) is 0 Å². The van der Waals surface area contributed by atoms with Crippen molar-refractivity contribution in [3.63, 3.8) is 0 Å². The van der Waals surface area contributed by atoms with E-state index in [9.17, 15) is 19.2 Å². The lowest BCUT2D eigenvalue weighted by molar-refractivity contribution is -0.145. The van der Waals surface area contributed by atoms with E-state index in [1.807, 2.05) is 144 Å². The minimum atomic E-state index is -1.01. The van der Waals surface area contributed by atoms with Gasteiger partial charge in [0.1, 0.15) is 10.7 Å². The van der Waals surface area contributed by atoms with Gasteiger partial charge in [-0.25, -0.2) is 34.3 Å². The summed E-state index contributed by atoms with van der Waals surface area (Å²) in [5.41, 5.74) is 0.958. The summed E-state index contributed by atoms with van der Waals surface area (Å²) in [7, 11) is 0. The molecule has 1 aliphatic heterocycles. The average Bonchev–Trinajstić information content (AvgIpc) is 3.44. The van der Waals surface area contributed by atoms with E-state index in [-0.39, 0.29) is 43.4 Å². The summed E-state index contributed by atoms with van der Waals surface area (Å²) in [4.78, 5) is 64.3. The van der Waals surface area contributed by atoms with Crippen LogP contribution in [0.3, 0.4) is 0 Å². The first-order chi connectivity index (χ1) is 36.6. The summed E-state index contributed by atoms with van der Waals surface area (Å²) < 4.78 is 26.2. The van der Waals surface area contributed by atoms with Crippen molar-refractivity contribution in [2.75, 3.05) is 44.8 Å². The molecular weight excluding hydrogens is 976 g/mol. The smallest absolute Gasteiger partial charge is 0.344 e. The van der Waals surface area contributed by atoms with Crippen LogP contribution >= 0.6 is 11.6 Å². The molecule has 0 saturated carbocycles. The molecular formula is C58H51ClN6O10. The first-order valence-electron chi connectivity index (χ1n) is 24.0. The van der Waals surface area contributed by atoms with Crippen molar-refractivity contribution in [2.45, 2.75) is 25.8 Å². The highest BCUT2D eigenvalue weighted by atomic mass is 35.5. The van der Waals surface area contributed by atoms with E-state index >= 15 is 0 Å². The monoisotopic (exact) mass is 1030 g/mol. The van der Waals surface area contributed by atoms with Gasteiger partial charge in [-0.1, -0.05) is 103 Å². The molecule has 6 heterocycles. The van der Waals surface area contributed by atoms with Crippen LogP contribution in [0.4, 0.5) is 5.69 Å². The van der Waals surface area contributed by atoms with E-state index in [0.717, 1.165) is 67.0 Å². The number of nitrogens with one attached hydrogen (secondary N) is 1. The zero-order valence-corrected chi connectivity index (χ0v) is 41.5. The molecule has 380 valence electrons. The number of benzene rings is 5. The number of hydrogen-bond donors (Lipinski definition) is 2. The third kappa shape index (κ3) is 14.3. The molecule has 1 aliphatic rings. The Morgan fingerprint density at radius 2 is 1.04 bits per heavy atom. The fraction of sp³-hybridized carbons (Fsp3) is 0.172. The number of fused-ring (bicyclic) bond motifs is 5. The number of piperidine rings is 1. The number of carbonyl (C=O) groups excluding carboxylic acids is 2. The van der Waals surface area contributed by atoms with E-state index in [0.29, 0.717) is 48.1 Å². The third-order valence-electron chi connectivity index (χ3n) is 11.7. The lowest BCUT2D eigenvalue weighted by Gasteiger charge is -2.33. The van der Waals surface area contributed by atoms with E-state index in [1.165, 1.54) is 6.07 Å². The zero-order chi connectivity index (χ0) is 52.4. The van der Waals surface area contributed by atoms with Gasteiger partial charge in [0, 0.05) is 76.9 Å². The van der Waals surface area contributed by atoms with Gasteiger partial charge in [0.05, 0.1) is 12.3 Å². The Morgan fingerprint density at radius 3 is 1.55 bits per heavy atom. The number of carboxylic acids is 1. The predicted octanol–water partition coefficient (Wildman–Crippen LogP) is 10.6. The van der Waals surface area contributed by atoms with Crippen LogP contribution in [-0.4, -0.2) is 93.3 Å². The van der Waals surface area contributed by atoms with Crippen molar-refractivity contribution < 1.29 is 42.9 Å². The Kier molecular flexibility index (Phi) is 18.1. The number of halogens is 1. The van der Waals surface area contributed by atoms with Crippen molar-refractivity contribution >= 4 is 89.2 Å². The maximum Gasteiger partial charge on any atom is 0.344 e. The lowest BCUT2D eigenvalue weighted by atomic mass is 10.0. The molecule has 5 aromatic heterocycles. The van der Waals surface area contributed by atoms with E-state index in [2.05, 4.69) is 25.3 Å². The number of para-hydroxylation sites is 1. The van der Waals surface area contributed by atoms with Crippen LogP contribution in [0.5, 0.6) is 17.6 Å². The van der Waals surface area contributed by atoms with Gasteiger partial charge in [0.2, 0.25) is 17.6 Å². The molecule has 0 bridgehead atoms. The molecule has 75 heavy (non-hydrogen) atoms. The van der Waals surface area contributed by atoms with Crippen LogP contribution in [0.2, 0.25) is 5.15 Å². The van der Waals surface area contributed by atoms with Crippen LogP contribution in [0, 0.1) is 0 Å². The summed E-state index contributed by atoms with van der Waals surface area (Å²) >= 11 is 5.85. The Bertz CT molecular complexity index is 3610. The number of anilines is 1. The first-order valence-corrected chi connectivity index (χ1v) is 24.3. The number of hydrogen-bond acceptors (Lipinski definition) is 14. The third-order valence-corrected chi connectivity index (χ3v) is 12.0. The molecule has 0 radical (unpaired) electrons. The summed E-state index contributed by atoms with van der Waals surface area (Å²) in [6.07, 6.45) is 8.22. The van der Waals surface area contributed by atoms with Crippen LogP contribution in [0.25, 0.3) is 54.1 Å². The average molecular weight is 1030 g/mol. The fourth-order valence-electron chi connectivity index (χ4n) is 8.11. The van der Waals surface area contributed by atoms with Gasteiger partial charge in [0.25, 0.3) is 5.91 Å². The Balaban J connectivity index is 0.000000146. The van der Waals surface area contributed by atoms with Crippen molar-refractivity contribution in [1.29, 1.82) is 0 Å². The van der Waals surface area contributed by atoms with Gasteiger partial charge in [0.15, 0.2) is 19.8 Å². The number of amides is 1. The van der Waals surface area contributed by atoms with Crippen LogP contribution in [-0.2, 0) is 19.1 Å². The number of nitrogens with zero attached hydrogens (tertiary/aromatic N) is 5. The molecule has 10 aromatic rings. The number of carbonyl (C=O) groups is 3. The first kappa shape index (κ1) is 52.2. The molecule has 1 saturated heterocycles. The highest BCUT2D eigenvalue weighted by molar-refractivity contribution is 6.34. The van der Waals surface area contributed by atoms with E-state index in [1.54, 1.807) is 37.8 Å². The number of carboxylic acid groups (broad SMARTS) is 1. The molecule has 5 aromatic carbocycles. The second kappa shape index (κ2) is 26.0. The molecule has 11 rings (SSSR count). The largest absolute Gasteiger partial charge is 0.479 e. The molecule has 2 N–H and O–H groups in total. The summed E-state index contributed by atoms with van der Waals surface area (Å²) in [5, 5.41) is 21.2. The second-order valence-corrected chi connectivity index (χ2v) is 17.0. The van der Waals surface area contributed by atoms with Gasteiger partial charge < -0.3 is 38.7 Å². The van der Waals surface area contributed by atoms with Crippen molar-refractivity contribution in [2.24, 2.45) is 0 Å². The van der Waals surface area contributed by atoms with E-state index in [4.69, 9.17) is 40.1 Å². The topological polar surface area (TPSA) is 205 Å². The standard InChI is InChI=1S/C25H23N3O4.C13H13NO3.C11H9NO3.C9H6ClN/c29-23(16-31-25-19-6-2-1-5-17(19)9-12-26-25)28-13-10-18(11-14-28)27-21-15-24(30)32-22-8-4-3-7-20(21)22;1-2-16-12(15)9-17-13-11-6-4-3-5-10(11)7-8-14-13;13-10(14)7-15-11-9-4-2-1-3-8(9)5-6-12-11;10-9-8-4-2-1-3-7(8)5-6-11-9/h1-9,12,15,18,27H,10-11,13-14,16H2;3-8H,2,9H2,1H3;1-6H,7H2,(H,13,14);1-6H. The second-order valence-electron chi connectivity index (χ2n) is 16.7. The number of esters is 1. The maximum atomic E-state index is 12.7. The highest BCUT2D eigenvalue weighted by Gasteiger charge is 2.24. The normalized spacial score (nSPS) is 12.1. The van der Waals surface area contributed by atoms with Gasteiger partial charge in [-0.15, -0.1) is 0 Å². The fourth-order valence-corrected chi connectivity index (χ4v) is 8.34. The number of rotatable bonds is 12. The number of likely N-dealkylation sites (tertiary alicyclic amines) is 1. The molecule has 1 amide bonds. The summed E-state index contributed by atoms with van der Waals surface area (Å²) in [6, 6.07) is 47.7. The van der Waals surface area contributed by atoms with Crippen LogP contribution in [0.1, 0.15) is 19.8 Å². The number of aliphatic carboxylic acids is 1. The molecule has 0 spiro atoms. The number of aromatic nitrogens is 4. The molecule has 0 atom stereocenters. The van der Waals surface area contributed by atoms with Gasteiger partial charge in [-0.3, -0.25) is 4.79 Å².